The molecule has 0 aromatic carbocycles. The van der Waals surface area contributed by atoms with E-state index in [2.05, 4.69) is 11.0 Å². The summed E-state index contributed by atoms with van der Waals surface area (Å²) in [6.07, 6.45) is 4.37. The predicted molar refractivity (Wildman–Crippen MR) is 60.1 cm³/mol. The molecule has 0 unspecified atom stereocenters. The Morgan fingerprint density at radius 1 is 1.50 bits per heavy atom. The molecule has 2 aliphatic rings. The molecule has 2 rings (SSSR count). The summed E-state index contributed by atoms with van der Waals surface area (Å²) in [6, 6.07) is 0. The Morgan fingerprint density at radius 3 is 2.69 bits per heavy atom. The van der Waals surface area contributed by atoms with E-state index in [0.29, 0.717) is 6.42 Å². The number of ether oxygens (including phenoxy) is 1. The van der Waals surface area contributed by atoms with Crippen molar-refractivity contribution in [3.63, 3.8) is 0 Å². The number of carboxylic acid groups (broad SMARTS) is 1. The van der Waals surface area contributed by atoms with Crippen LogP contribution in [-0.2, 0) is 9.53 Å². The standard InChI is InChI=1S/C12H19NO3/c1-12(11(14)15)4-2-10(3-5-12)13-6-8-16-9-7-13/h2H,3-9H2,1H3,(H,14,15)/t12-/m1/s1. The first-order valence-corrected chi connectivity index (χ1v) is 5.87. The monoisotopic (exact) mass is 225 g/mol. The molecule has 0 aromatic rings. The summed E-state index contributed by atoms with van der Waals surface area (Å²) in [4.78, 5) is 13.4. The Bertz CT molecular complexity index is 307. The van der Waals surface area contributed by atoms with Crippen molar-refractivity contribution >= 4 is 5.97 Å². The number of morpholine rings is 1. The second-order valence-corrected chi connectivity index (χ2v) is 4.86. The highest BCUT2D eigenvalue weighted by molar-refractivity contribution is 5.74. The molecule has 1 aliphatic carbocycles. The van der Waals surface area contributed by atoms with Crippen LogP contribution in [0.2, 0.25) is 0 Å². The summed E-state index contributed by atoms with van der Waals surface area (Å²) in [5.74, 6) is -0.676. The molecule has 4 nitrogen and oxygen atoms in total. The van der Waals surface area contributed by atoms with Gasteiger partial charge in [-0.25, -0.2) is 0 Å². The summed E-state index contributed by atoms with van der Waals surface area (Å²) >= 11 is 0. The van der Waals surface area contributed by atoms with Gasteiger partial charge >= 0.3 is 5.97 Å². The number of carboxylic acids is 1. The Balaban J connectivity index is 1.99. The van der Waals surface area contributed by atoms with Gasteiger partial charge in [-0.2, -0.15) is 0 Å². The minimum absolute atomic E-state index is 0.560. The van der Waals surface area contributed by atoms with Crippen molar-refractivity contribution < 1.29 is 14.6 Å². The highest BCUT2D eigenvalue weighted by Crippen LogP contribution is 2.36. The van der Waals surface area contributed by atoms with Crippen LogP contribution in [0, 0.1) is 5.41 Å². The number of aliphatic carboxylic acids is 1. The van der Waals surface area contributed by atoms with E-state index in [1.54, 1.807) is 0 Å². The van der Waals surface area contributed by atoms with Gasteiger partial charge in [-0.1, -0.05) is 6.08 Å². The summed E-state index contributed by atoms with van der Waals surface area (Å²) in [5, 5.41) is 9.13. The summed E-state index contributed by atoms with van der Waals surface area (Å²) in [6.45, 7) is 5.29. The zero-order valence-electron chi connectivity index (χ0n) is 9.74. The molecule has 0 spiro atoms. The van der Waals surface area contributed by atoms with E-state index in [1.165, 1.54) is 5.70 Å². The molecule has 0 radical (unpaired) electrons. The average molecular weight is 225 g/mol. The third-order valence-corrected chi connectivity index (χ3v) is 3.65. The van der Waals surface area contributed by atoms with Crippen LogP contribution in [0.1, 0.15) is 26.2 Å². The fourth-order valence-corrected chi connectivity index (χ4v) is 2.28. The zero-order chi connectivity index (χ0) is 11.6. The molecule has 0 saturated carbocycles. The van der Waals surface area contributed by atoms with Gasteiger partial charge in [0.25, 0.3) is 0 Å². The largest absolute Gasteiger partial charge is 0.481 e. The third kappa shape index (κ3) is 2.21. The van der Waals surface area contributed by atoms with Gasteiger partial charge in [0.15, 0.2) is 0 Å². The van der Waals surface area contributed by atoms with Gasteiger partial charge in [-0.05, 0) is 26.2 Å². The van der Waals surface area contributed by atoms with Crippen LogP contribution in [0.3, 0.4) is 0 Å². The summed E-state index contributed by atoms with van der Waals surface area (Å²) in [5.41, 5.74) is 0.748. The van der Waals surface area contributed by atoms with Crippen LogP contribution >= 0.6 is 0 Å². The molecule has 16 heavy (non-hydrogen) atoms. The lowest BCUT2D eigenvalue weighted by atomic mass is 9.78. The molecular formula is C12H19NO3. The SMILES string of the molecule is C[C@@]1(C(=O)O)CC=C(N2CCOCC2)CC1. The van der Waals surface area contributed by atoms with Crippen molar-refractivity contribution in [2.24, 2.45) is 5.41 Å². The quantitative estimate of drug-likeness (QED) is 0.773. The number of rotatable bonds is 2. The summed E-state index contributed by atoms with van der Waals surface area (Å²) in [7, 11) is 0. The Hall–Kier alpha value is -1.03. The molecule has 0 amide bonds. The predicted octanol–water partition coefficient (Wildman–Crippen LogP) is 1.48. The van der Waals surface area contributed by atoms with Gasteiger partial charge in [0.1, 0.15) is 0 Å². The first kappa shape index (κ1) is 11.5. The Kier molecular flexibility index (Phi) is 3.19. The van der Waals surface area contributed by atoms with E-state index < -0.39 is 11.4 Å². The molecule has 4 heteroatoms. The molecule has 90 valence electrons. The molecule has 1 aliphatic heterocycles. The minimum Gasteiger partial charge on any atom is -0.481 e. The highest BCUT2D eigenvalue weighted by atomic mass is 16.5. The second kappa shape index (κ2) is 4.45. The Morgan fingerprint density at radius 2 is 2.19 bits per heavy atom. The maximum Gasteiger partial charge on any atom is 0.309 e. The minimum atomic E-state index is -0.676. The number of carbonyl (C=O) groups is 1. The molecule has 1 saturated heterocycles. The van der Waals surface area contributed by atoms with Crippen LogP contribution in [0.15, 0.2) is 11.8 Å². The highest BCUT2D eigenvalue weighted by Gasteiger charge is 2.35. The van der Waals surface area contributed by atoms with Crippen LogP contribution < -0.4 is 0 Å². The molecule has 1 N–H and O–H groups in total. The van der Waals surface area contributed by atoms with Crippen LogP contribution in [0.25, 0.3) is 0 Å². The van der Waals surface area contributed by atoms with Crippen molar-refractivity contribution in [1.82, 2.24) is 4.90 Å². The van der Waals surface area contributed by atoms with Gasteiger partial charge in [-0.3, -0.25) is 4.79 Å². The molecular weight excluding hydrogens is 206 g/mol. The normalized spacial score (nSPS) is 31.1. The first-order chi connectivity index (χ1) is 7.62. The topological polar surface area (TPSA) is 49.8 Å². The lowest BCUT2D eigenvalue weighted by molar-refractivity contribution is -0.148. The van der Waals surface area contributed by atoms with Crippen LogP contribution in [0.4, 0.5) is 0 Å². The molecule has 0 bridgehead atoms. The molecule has 1 heterocycles. The van der Waals surface area contributed by atoms with Gasteiger partial charge in [0.2, 0.25) is 0 Å². The zero-order valence-corrected chi connectivity index (χ0v) is 9.74. The van der Waals surface area contributed by atoms with E-state index in [1.807, 2.05) is 6.92 Å². The van der Waals surface area contributed by atoms with Gasteiger partial charge in [-0.15, -0.1) is 0 Å². The fourth-order valence-electron chi connectivity index (χ4n) is 2.28. The van der Waals surface area contributed by atoms with Crippen molar-refractivity contribution in [2.75, 3.05) is 26.3 Å². The van der Waals surface area contributed by atoms with Crippen molar-refractivity contribution in [2.45, 2.75) is 26.2 Å². The number of nitrogens with zero attached hydrogens (tertiary/aromatic N) is 1. The molecule has 1 atom stereocenters. The molecule has 0 aromatic heterocycles. The number of allylic oxidation sites excluding steroid dienone is 2. The van der Waals surface area contributed by atoms with Gasteiger partial charge in [0, 0.05) is 18.8 Å². The summed E-state index contributed by atoms with van der Waals surface area (Å²) < 4.78 is 5.31. The number of hydrogen-bond donors (Lipinski definition) is 1. The van der Waals surface area contributed by atoms with Crippen LogP contribution in [-0.4, -0.2) is 42.3 Å². The van der Waals surface area contributed by atoms with E-state index >= 15 is 0 Å². The average Bonchev–Trinajstić information content (AvgIpc) is 2.31. The lowest BCUT2D eigenvalue weighted by Gasteiger charge is -2.36. The Labute approximate surface area is 95.9 Å². The van der Waals surface area contributed by atoms with Gasteiger partial charge in [0.05, 0.1) is 18.6 Å². The number of hydrogen-bond acceptors (Lipinski definition) is 3. The lowest BCUT2D eigenvalue weighted by Crippen LogP contribution is -2.38. The van der Waals surface area contributed by atoms with Crippen molar-refractivity contribution in [3.8, 4) is 0 Å². The van der Waals surface area contributed by atoms with Crippen LogP contribution in [0.5, 0.6) is 0 Å². The second-order valence-electron chi connectivity index (χ2n) is 4.86. The van der Waals surface area contributed by atoms with E-state index in [0.717, 1.165) is 39.1 Å². The maximum absolute atomic E-state index is 11.1. The van der Waals surface area contributed by atoms with E-state index in [4.69, 9.17) is 9.84 Å². The maximum atomic E-state index is 11.1. The van der Waals surface area contributed by atoms with E-state index in [-0.39, 0.29) is 0 Å². The first-order valence-electron chi connectivity index (χ1n) is 5.87. The molecule has 1 fully saturated rings. The van der Waals surface area contributed by atoms with Crippen molar-refractivity contribution in [1.29, 1.82) is 0 Å². The third-order valence-electron chi connectivity index (χ3n) is 3.65. The van der Waals surface area contributed by atoms with Gasteiger partial charge < -0.3 is 14.7 Å². The fraction of sp³-hybridized carbons (Fsp3) is 0.750. The van der Waals surface area contributed by atoms with E-state index in [9.17, 15) is 4.79 Å². The van der Waals surface area contributed by atoms with Crippen molar-refractivity contribution in [3.05, 3.63) is 11.8 Å². The smallest absolute Gasteiger partial charge is 0.309 e.